The molecule has 0 bridgehead atoms. The highest BCUT2D eigenvalue weighted by Crippen LogP contribution is 2.36. The van der Waals surface area contributed by atoms with Crippen molar-refractivity contribution in [2.24, 2.45) is 0 Å². The van der Waals surface area contributed by atoms with Crippen molar-refractivity contribution in [2.75, 3.05) is 32.7 Å². The van der Waals surface area contributed by atoms with Gasteiger partial charge in [0.1, 0.15) is 5.54 Å². The lowest BCUT2D eigenvalue weighted by Crippen LogP contribution is -2.65. The van der Waals surface area contributed by atoms with Crippen molar-refractivity contribution >= 4 is 5.91 Å². The first-order valence-corrected chi connectivity index (χ1v) is 10.8. The van der Waals surface area contributed by atoms with Crippen LogP contribution in [0.5, 0.6) is 0 Å². The van der Waals surface area contributed by atoms with Gasteiger partial charge in [0.25, 0.3) is 0 Å². The monoisotopic (exact) mass is 392 g/mol. The Morgan fingerprint density at radius 2 is 1.79 bits per heavy atom. The molecule has 29 heavy (non-hydrogen) atoms. The van der Waals surface area contributed by atoms with E-state index < -0.39 is 5.54 Å². The number of fused-ring (bicyclic) bond motifs is 1. The largest absolute Gasteiger partial charge is 0.352 e. The number of likely N-dealkylation sites (N-methyl/N-ethyl adjacent to an activating group) is 1. The highest BCUT2D eigenvalue weighted by Gasteiger charge is 2.49. The van der Waals surface area contributed by atoms with Gasteiger partial charge < -0.3 is 10.2 Å². The first-order valence-electron chi connectivity index (χ1n) is 10.8. The van der Waals surface area contributed by atoms with Gasteiger partial charge in [0.05, 0.1) is 0 Å². The summed E-state index contributed by atoms with van der Waals surface area (Å²) in [6.07, 6.45) is 6.08. The molecular weight excluding hydrogens is 360 g/mol. The first kappa shape index (κ1) is 20.0. The third-order valence-electron chi connectivity index (χ3n) is 6.57. The number of nitrogens with zero attached hydrogens (tertiary/aromatic N) is 3. The fourth-order valence-electron chi connectivity index (χ4n) is 4.90. The van der Waals surface area contributed by atoms with Crippen LogP contribution in [0.3, 0.4) is 0 Å². The summed E-state index contributed by atoms with van der Waals surface area (Å²) >= 11 is 0. The number of rotatable bonds is 6. The molecule has 1 aliphatic carbocycles. The predicted octanol–water partition coefficient (Wildman–Crippen LogP) is 2.30. The number of piperazine rings is 1. The quantitative estimate of drug-likeness (QED) is 0.820. The topological polar surface area (TPSA) is 48.5 Å². The number of hydrogen-bond acceptors (Lipinski definition) is 4. The van der Waals surface area contributed by atoms with Gasteiger partial charge in [0.2, 0.25) is 5.91 Å². The minimum atomic E-state index is -0.466. The second-order valence-corrected chi connectivity index (χ2v) is 8.52. The zero-order valence-corrected chi connectivity index (χ0v) is 17.6. The van der Waals surface area contributed by atoms with Crippen LogP contribution < -0.4 is 5.32 Å². The van der Waals surface area contributed by atoms with Crippen LogP contribution in [-0.2, 0) is 24.1 Å². The number of hydrogen-bond donors (Lipinski definition) is 1. The summed E-state index contributed by atoms with van der Waals surface area (Å²) in [7, 11) is 0. The summed E-state index contributed by atoms with van der Waals surface area (Å²) in [4.78, 5) is 22.8. The molecule has 0 spiro atoms. The second kappa shape index (κ2) is 8.64. The van der Waals surface area contributed by atoms with E-state index in [0.29, 0.717) is 0 Å². The fraction of sp³-hybridized carbons (Fsp3) is 0.500. The van der Waals surface area contributed by atoms with Crippen LogP contribution in [0.4, 0.5) is 0 Å². The Labute approximate surface area is 174 Å². The van der Waals surface area contributed by atoms with Crippen LogP contribution >= 0.6 is 0 Å². The standard InChI is InChI=1S/C24H32N4O/c1-3-27-11-13-28(14-12-27)24(16-21-8-4-5-9-22(21)17-24)23(29)26-19(2)15-20-7-6-10-25-18-20/h4-10,18-19H,3,11-17H2,1-2H3,(H,26,29)/t19-/m1/s1. The van der Waals surface area contributed by atoms with E-state index in [1.54, 1.807) is 6.20 Å². The molecule has 1 amide bonds. The van der Waals surface area contributed by atoms with Gasteiger partial charge in [0.15, 0.2) is 0 Å². The Morgan fingerprint density at radius 1 is 1.10 bits per heavy atom. The Hall–Kier alpha value is -2.24. The third kappa shape index (κ3) is 4.21. The van der Waals surface area contributed by atoms with Crippen LogP contribution in [0.1, 0.15) is 30.5 Å². The maximum atomic E-state index is 13.7. The Bertz CT molecular complexity index is 805. The Balaban J connectivity index is 1.52. The van der Waals surface area contributed by atoms with Crippen LogP contribution in [0.15, 0.2) is 48.8 Å². The van der Waals surface area contributed by atoms with E-state index >= 15 is 0 Å². The molecule has 4 rings (SSSR count). The van der Waals surface area contributed by atoms with Gasteiger partial charge in [-0.15, -0.1) is 0 Å². The fourth-order valence-corrected chi connectivity index (χ4v) is 4.90. The number of aromatic nitrogens is 1. The lowest BCUT2D eigenvalue weighted by Gasteiger charge is -2.45. The highest BCUT2D eigenvalue weighted by atomic mass is 16.2. The minimum absolute atomic E-state index is 0.0734. The van der Waals surface area contributed by atoms with E-state index in [1.165, 1.54) is 11.1 Å². The van der Waals surface area contributed by atoms with E-state index in [9.17, 15) is 4.79 Å². The van der Waals surface area contributed by atoms with Crippen molar-refractivity contribution in [2.45, 2.75) is 44.7 Å². The molecule has 0 radical (unpaired) electrons. The number of benzene rings is 1. The molecule has 1 aliphatic heterocycles. The average molecular weight is 393 g/mol. The number of nitrogens with one attached hydrogen (secondary N) is 1. The number of pyridine rings is 1. The maximum Gasteiger partial charge on any atom is 0.241 e. The smallest absolute Gasteiger partial charge is 0.241 e. The number of amides is 1. The van der Waals surface area contributed by atoms with Crippen LogP contribution in [0, 0.1) is 0 Å². The summed E-state index contributed by atoms with van der Waals surface area (Å²) in [6, 6.07) is 12.6. The van der Waals surface area contributed by atoms with Crippen molar-refractivity contribution < 1.29 is 4.79 Å². The SMILES string of the molecule is CCN1CCN(C2(C(=O)N[C@H](C)Cc3cccnc3)Cc3ccccc3C2)CC1. The third-order valence-corrected chi connectivity index (χ3v) is 6.57. The Morgan fingerprint density at radius 3 is 2.38 bits per heavy atom. The molecule has 1 aromatic carbocycles. The van der Waals surface area contributed by atoms with Crippen LogP contribution in [0.2, 0.25) is 0 Å². The molecule has 2 heterocycles. The zero-order valence-electron chi connectivity index (χ0n) is 17.6. The molecule has 0 unspecified atom stereocenters. The number of carbonyl (C=O) groups excluding carboxylic acids is 1. The van der Waals surface area contributed by atoms with Crippen molar-refractivity contribution in [3.05, 3.63) is 65.5 Å². The van der Waals surface area contributed by atoms with E-state index in [0.717, 1.165) is 57.5 Å². The molecular formula is C24H32N4O. The average Bonchev–Trinajstić information content (AvgIpc) is 3.15. The maximum absolute atomic E-state index is 13.7. The summed E-state index contributed by atoms with van der Waals surface area (Å²) in [5.41, 5.74) is 3.33. The van der Waals surface area contributed by atoms with Crippen LogP contribution in [-0.4, -0.2) is 65.0 Å². The summed E-state index contributed by atoms with van der Waals surface area (Å²) in [5, 5.41) is 3.35. The summed E-state index contributed by atoms with van der Waals surface area (Å²) in [6.45, 7) is 9.35. The summed E-state index contributed by atoms with van der Waals surface area (Å²) in [5.74, 6) is 0.176. The molecule has 1 aromatic heterocycles. The lowest BCUT2D eigenvalue weighted by molar-refractivity contribution is -0.135. The molecule has 154 valence electrons. The molecule has 5 nitrogen and oxygen atoms in total. The first-order chi connectivity index (χ1) is 14.1. The Kier molecular flexibility index (Phi) is 5.97. The molecule has 1 saturated heterocycles. The molecule has 1 atom stereocenters. The van der Waals surface area contributed by atoms with E-state index in [2.05, 4.69) is 64.3 Å². The van der Waals surface area contributed by atoms with Gasteiger partial charge in [-0.05, 0) is 42.6 Å². The van der Waals surface area contributed by atoms with Gasteiger partial charge in [0, 0.05) is 57.5 Å². The second-order valence-electron chi connectivity index (χ2n) is 8.52. The van der Waals surface area contributed by atoms with E-state index in [-0.39, 0.29) is 11.9 Å². The van der Waals surface area contributed by atoms with Crippen molar-refractivity contribution in [1.82, 2.24) is 20.1 Å². The molecule has 1 fully saturated rings. The van der Waals surface area contributed by atoms with E-state index in [1.807, 2.05) is 12.3 Å². The molecule has 1 N–H and O–H groups in total. The lowest BCUT2D eigenvalue weighted by atomic mass is 9.90. The molecule has 0 saturated carbocycles. The number of carbonyl (C=O) groups is 1. The van der Waals surface area contributed by atoms with Gasteiger partial charge in [-0.25, -0.2) is 0 Å². The van der Waals surface area contributed by atoms with Crippen molar-refractivity contribution in [1.29, 1.82) is 0 Å². The molecule has 2 aromatic rings. The van der Waals surface area contributed by atoms with Gasteiger partial charge in [-0.3, -0.25) is 14.7 Å². The predicted molar refractivity (Wildman–Crippen MR) is 116 cm³/mol. The zero-order chi connectivity index (χ0) is 20.3. The highest BCUT2D eigenvalue weighted by molar-refractivity contribution is 5.88. The normalized spacial score (nSPS) is 20.2. The molecule has 5 heteroatoms. The van der Waals surface area contributed by atoms with Gasteiger partial charge >= 0.3 is 0 Å². The summed E-state index contributed by atoms with van der Waals surface area (Å²) < 4.78 is 0. The van der Waals surface area contributed by atoms with Crippen LogP contribution in [0.25, 0.3) is 0 Å². The van der Waals surface area contributed by atoms with Gasteiger partial charge in [-0.1, -0.05) is 37.3 Å². The van der Waals surface area contributed by atoms with E-state index in [4.69, 9.17) is 0 Å². The van der Waals surface area contributed by atoms with Crippen molar-refractivity contribution in [3.8, 4) is 0 Å². The molecule has 2 aliphatic rings. The van der Waals surface area contributed by atoms with Crippen molar-refractivity contribution in [3.63, 3.8) is 0 Å². The minimum Gasteiger partial charge on any atom is -0.352 e. The van der Waals surface area contributed by atoms with Gasteiger partial charge in [-0.2, -0.15) is 0 Å².